The van der Waals surface area contributed by atoms with Gasteiger partial charge in [-0.25, -0.2) is 8.96 Å². The maximum Gasteiger partial charge on any atom is 0.212 e. The molecule has 0 saturated heterocycles. The van der Waals surface area contributed by atoms with E-state index in [1.54, 1.807) is 6.07 Å². The zero-order valence-electron chi connectivity index (χ0n) is 15.5. The average molecular weight is 331 g/mol. The van der Waals surface area contributed by atoms with Crippen molar-refractivity contribution in [3.63, 3.8) is 0 Å². The Bertz CT molecular complexity index is 714. The highest BCUT2D eigenvalue weighted by molar-refractivity contribution is 6.88. The molecule has 0 aliphatic carbocycles. The molecule has 0 spiro atoms. The van der Waals surface area contributed by atoms with Crippen molar-refractivity contribution in [2.24, 2.45) is 13.0 Å². The summed E-state index contributed by atoms with van der Waals surface area (Å²) in [5.74, 6) is 0.435. The summed E-state index contributed by atoms with van der Waals surface area (Å²) in [6.45, 7) is 13.7. The highest BCUT2D eigenvalue weighted by Gasteiger charge is 2.26. The van der Waals surface area contributed by atoms with Gasteiger partial charge in [0.1, 0.15) is 12.9 Å². The number of aryl methyl sites for hydroxylation is 2. The third kappa shape index (κ3) is 4.08. The lowest BCUT2D eigenvalue weighted by Crippen LogP contribution is -2.47. The highest BCUT2D eigenvalue weighted by Crippen LogP contribution is 2.23. The first-order chi connectivity index (χ1) is 10.6. The second-order valence-electron chi connectivity index (χ2n) is 8.02. The third-order valence-corrected chi connectivity index (χ3v) is 6.34. The van der Waals surface area contributed by atoms with Crippen LogP contribution in [0.4, 0.5) is 4.39 Å². The molecule has 124 valence electrons. The molecule has 0 unspecified atom stereocenters. The minimum Gasteiger partial charge on any atom is -0.207 e. The molecule has 0 atom stereocenters. The van der Waals surface area contributed by atoms with Crippen LogP contribution in [0.15, 0.2) is 30.5 Å². The Morgan fingerprint density at radius 1 is 1.13 bits per heavy atom. The summed E-state index contributed by atoms with van der Waals surface area (Å²) in [6.07, 6.45) is 3.35. The molecule has 1 aromatic carbocycles. The number of rotatable bonds is 4. The van der Waals surface area contributed by atoms with E-state index in [2.05, 4.69) is 57.4 Å². The minimum atomic E-state index is -1.42. The summed E-state index contributed by atoms with van der Waals surface area (Å²) in [4.78, 5) is 0. The van der Waals surface area contributed by atoms with Crippen molar-refractivity contribution >= 4 is 13.3 Å². The zero-order valence-corrected chi connectivity index (χ0v) is 16.5. The number of halogens is 1. The lowest BCUT2D eigenvalue weighted by molar-refractivity contribution is -0.659. The van der Waals surface area contributed by atoms with Gasteiger partial charge in [0, 0.05) is 11.3 Å². The van der Waals surface area contributed by atoms with E-state index in [9.17, 15) is 4.39 Å². The first-order valence-electron chi connectivity index (χ1n) is 8.39. The van der Waals surface area contributed by atoms with Crippen LogP contribution in [0.3, 0.4) is 0 Å². The van der Waals surface area contributed by atoms with E-state index in [0.717, 1.165) is 23.2 Å². The summed E-state index contributed by atoms with van der Waals surface area (Å²) in [5, 5.41) is 1.51. The van der Waals surface area contributed by atoms with Crippen LogP contribution >= 0.6 is 0 Å². The van der Waals surface area contributed by atoms with Gasteiger partial charge in [0.25, 0.3) is 0 Å². The maximum absolute atomic E-state index is 13.7. The van der Waals surface area contributed by atoms with Gasteiger partial charge in [0.2, 0.25) is 5.69 Å². The number of hydrogen-bond donors (Lipinski definition) is 0. The SMILES string of the molecule is Cc1ccc(F)cc1-c1cc(CC(C)C)c([Si](C)(C)C)c[n+]1C. The Morgan fingerprint density at radius 2 is 1.78 bits per heavy atom. The molecule has 0 N–H and O–H groups in total. The molecule has 0 amide bonds. The number of pyridine rings is 1. The zero-order chi connectivity index (χ0) is 17.4. The molecule has 0 radical (unpaired) electrons. The largest absolute Gasteiger partial charge is 0.212 e. The van der Waals surface area contributed by atoms with E-state index in [0.29, 0.717) is 5.92 Å². The van der Waals surface area contributed by atoms with Crippen molar-refractivity contribution in [2.45, 2.75) is 46.8 Å². The number of hydrogen-bond acceptors (Lipinski definition) is 0. The van der Waals surface area contributed by atoms with Crippen molar-refractivity contribution < 1.29 is 8.96 Å². The standard InChI is InChI=1S/C20H29FNSi/c1-14(2)10-16-11-19(18-12-17(21)9-8-15(18)3)22(4)13-20(16)23(5,6)7/h8-9,11-14H,10H2,1-7H3/q+1. The first-order valence-corrected chi connectivity index (χ1v) is 11.9. The molecule has 1 heterocycles. The van der Waals surface area contributed by atoms with Crippen LogP contribution in [0, 0.1) is 18.7 Å². The van der Waals surface area contributed by atoms with Crippen molar-refractivity contribution in [1.82, 2.24) is 0 Å². The van der Waals surface area contributed by atoms with E-state index in [4.69, 9.17) is 0 Å². The average Bonchev–Trinajstić information content (AvgIpc) is 2.41. The van der Waals surface area contributed by atoms with E-state index in [-0.39, 0.29) is 5.82 Å². The van der Waals surface area contributed by atoms with Gasteiger partial charge >= 0.3 is 0 Å². The van der Waals surface area contributed by atoms with Gasteiger partial charge in [0.15, 0.2) is 6.20 Å². The third-order valence-electron chi connectivity index (χ3n) is 4.27. The molecule has 3 heteroatoms. The van der Waals surface area contributed by atoms with Crippen LogP contribution < -0.4 is 9.75 Å². The molecule has 1 aromatic heterocycles. The van der Waals surface area contributed by atoms with Crippen LogP contribution in [0.5, 0.6) is 0 Å². The molecule has 2 rings (SSSR count). The predicted octanol–water partition coefficient (Wildman–Crippen LogP) is 4.37. The van der Waals surface area contributed by atoms with Crippen LogP contribution in [0.2, 0.25) is 19.6 Å². The monoisotopic (exact) mass is 330 g/mol. The topological polar surface area (TPSA) is 3.88 Å². The van der Waals surface area contributed by atoms with Gasteiger partial charge < -0.3 is 0 Å². The van der Waals surface area contributed by atoms with Gasteiger partial charge in [-0.2, -0.15) is 0 Å². The number of nitrogens with zero attached hydrogens (tertiary/aromatic N) is 1. The molecule has 0 aliphatic rings. The molecule has 0 saturated carbocycles. The minimum absolute atomic E-state index is 0.176. The summed E-state index contributed by atoms with van der Waals surface area (Å²) in [7, 11) is 0.653. The van der Waals surface area contributed by atoms with Crippen molar-refractivity contribution in [3.05, 3.63) is 47.4 Å². The van der Waals surface area contributed by atoms with Gasteiger partial charge in [-0.3, -0.25) is 0 Å². The molecule has 0 bridgehead atoms. The van der Waals surface area contributed by atoms with Gasteiger partial charge in [-0.05, 0) is 42.5 Å². The van der Waals surface area contributed by atoms with Crippen LogP contribution in [0.25, 0.3) is 11.3 Å². The van der Waals surface area contributed by atoms with E-state index >= 15 is 0 Å². The summed E-state index contributed by atoms with van der Waals surface area (Å²) < 4.78 is 15.9. The first kappa shape index (κ1) is 17.9. The Kier molecular flexibility index (Phi) is 5.09. The predicted molar refractivity (Wildman–Crippen MR) is 99.3 cm³/mol. The summed E-state index contributed by atoms with van der Waals surface area (Å²) in [5.41, 5.74) is 4.62. The molecule has 2 aromatic rings. The quantitative estimate of drug-likeness (QED) is 0.579. The molecule has 0 fully saturated rings. The molecule has 23 heavy (non-hydrogen) atoms. The van der Waals surface area contributed by atoms with E-state index in [1.807, 2.05) is 13.0 Å². The normalized spacial score (nSPS) is 12.0. The van der Waals surface area contributed by atoms with Crippen molar-refractivity contribution in [3.8, 4) is 11.3 Å². The molecule has 1 nitrogen and oxygen atoms in total. The molecular formula is C20H29FNSi+. The van der Waals surface area contributed by atoms with E-state index < -0.39 is 8.07 Å². The number of benzene rings is 1. The molecule has 0 aliphatic heterocycles. The fourth-order valence-corrected chi connectivity index (χ4v) is 4.83. The highest BCUT2D eigenvalue weighted by atomic mass is 28.3. The fourth-order valence-electron chi connectivity index (χ4n) is 3.11. The Labute approximate surface area is 141 Å². The van der Waals surface area contributed by atoms with Gasteiger partial charge in [-0.1, -0.05) is 39.6 Å². The Balaban J connectivity index is 2.68. The van der Waals surface area contributed by atoms with Gasteiger partial charge in [0.05, 0.1) is 13.6 Å². The van der Waals surface area contributed by atoms with Gasteiger partial charge in [-0.15, -0.1) is 0 Å². The smallest absolute Gasteiger partial charge is 0.207 e. The van der Waals surface area contributed by atoms with Crippen molar-refractivity contribution in [1.29, 1.82) is 0 Å². The lowest BCUT2D eigenvalue weighted by Gasteiger charge is -2.21. The fraction of sp³-hybridized carbons (Fsp3) is 0.450. The summed E-state index contributed by atoms with van der Waals surface area (Å²) >= 11 is 0. The van der Waals surface area contributed by atoms with Crippen LogP contribution in [-0.2, 0) is 13.5 Å². The molecular weight excluding hydrogens is 301 g/mol. The Morgan fingerprint density at radius 3 is 2.35 bits per heavy atom. The number of aromatic nitrogens is 1. The van der Waals surface area contributed by atoms with Crippen LogP contribution in [-0.4, -0.2) is 8.07 Å². The second-order valence-corrected chi connectivity index (χ2v) is 13.1. The second kappa shape index (κ2) is 6.56. The van der Waals surface area contributed by atoms with Crippen molar-refractivity contribution in [2.75, 3.05) is 0 Å². The van der Waals surface area contributed by atoms with E-state index in [1.165, 1.54) is 16.8 Å². The maximum atomic E-state index is 13.7. The Hall–Kier alpha value is -1.48. The lowest BCUT2D eigenvalue weighted by atomic mass is 9.99. The summed E-state index contributed by atoms with van der Waals surface area (Å²) in [6, 6.07) is 7.33. The van der Waals surface area contributed by atoms with Crippen LogP contribution in [0.1, 0.15) is 25.0 Å².